The van der Waals surface area contributed by atoms with Gasteiger partial charge < -0.3 is 5.73 Å². The first kappa shape index (κ1) is 18.2. The highest BCUT2D eigenvalue weighted by molar-refractivity contribution is 5.85. The van der Waals surface area contributed by atoms with Gasteiger partial charge in [-0.15, -0.1) is 12.4 Å². The Labute approximate surface area is 144 Å². The van der Waals surface area contributed by atoms with Gasteiger partial charge in [-0.2, -0.15) is 0 Å². The fraction of sp³-hybridized carbons (Fsp3) is 0.526. The van der Waals surface area contributed by atoms with Crippen LogP contribution in [0.5, 0.6) is 0 Å². The Hall–Kier alpha value is -1.19. The molecule has 1 atom stereocenters. The predicted molar refractivity (Wildman–Crippen MR) is 96.5 cm³/mol. The topological polar surface area (TPSA) is 38.9 Å². The lowest BCUT2D eigenvalue weighted by molar-refractivity contribution is 0.292. The highest BCUT2D eigenvalue weighted by atomic mass is 35.5. The molecule has 2 N–H and O–H groups in total. The van der Waals surface area contributed by atoms with Gasteiger partial charge in [0, 0.05) is 17.6 Å². The molecule has 1 aliphatic carbocycles. The molecule has 4 heteroatoms. The van der Waals surface area contributed by atoms with Crippen LogP contribution in [0.4, 0.5) is 4.39 Å². The molecule has 126 valence electrons. The van der Waals surface area contributed by atoms with Crippen molar-refractivity contribution in [3.63, 3.8) is 0 Å². The van der Waals surface area contributed by atoms with Crippen molar-refractivity contribution in [2.24, 2.45) is 11.7 Å². The summed E-state index contributed by atoms with van der Waals surface area (Å²) >= 11 is 0. The lowest BCUT2D eigenvalue weighted by Crippen LogP contribution is -2.25. The van der Waals surface area contributed by atoms with Gasteiger partial charge in [-0.1, -0.05) is 6.92 Å². The number of fused-ring (bicyclic) bond motifs is 1. The molecule has 1 aromatic heterocycles. The van der Waals surface area contributed by atoms with E-state index in [1.807, 2.05) is 6.20 Å². The van der Waals surface area contributed by atoms with Crippen molar-refractivity contribution in [3.8, 4) is 0 Å². The third-order valence-corrected chi connectivity index (χ3v) is 5.18. The maximum atomic E-state index is 13.6. The second kappa shape index (κ2) is 8.07. The smallest absolute Gasteiger partial charge is 0.123 e. The number of hydrogen-bond acceptors (Lipinski definition) is 2. The van der Waals surface area contributed by atoms with Gasteiger partial charge in [0.15, 0.2) is 0 Å². The molecule has 0 bridgehead atoms. The second-order valence-electron chi connectivity index (χ2n) is 6.68. The number of benzene rings is 1. The molecule has 0 amide bonds. The average molecular weight is 337 g/mol. The summed E-state index contributed by atoms with van der Waals surface area (Å²) < 4.78 is 13.6. The first-order chi connectivity index (χ1) is 10.7. The Morgan fingerprint density at radius 2 is 1.96 bits per heavy atom. The van der Waals surface area contributed by atoms with Gasteiger partial charge in [0.05, 0.1) is 5.52 Å². The Morgan fingerprint density at radius 3 is 2.65 bits per heavy atom. The molecular formula is C19H26ClFN2. The molecule has 2 aromatic rings. The van der Waals surface area contributed by atoms with Crippen LogP contribution in [0.25, 0.3) is 10.9 Å². The summed E-state index contributed by atoms with van der Waals surface area (Å²) in [7, 11) is 0. The Bertz CT molecular complexity index is 638. The summed E-state index contributed by atoms with van der Waals surface area (Å²) in [5.41, 5.74) is 8.25. The Balaban J connectivity index is 0.00000192. The van der Waals surface area contributed by atoms with E-state index in [0.29, 0.717) is 12.0 Å². The van der Waals surface area contributed by atoms with Crippen LogP contribution in [0.2, 0.25) is 0 Å². The molecular weight excluding hydrogens is 311 g/mol. The molecule has 1 aliphatic rings. The van der Waals surface area contributed by atoms with Crippen LogP contribution in [0.3, 0.4) is 0 Å². The fourth-order valence-corrected chi connectivity index (χ4v) is 3.80. The summed E-state index contributed by atoms with van der Waals surface area (Å²) in [6.45, 7) is 2.16. The summed E-state index contributed by atoms with van der Waals surface area (Å²) in [5, 5.41) is 0.983. The van der Waals surface area contributed by atoms with Crippen molar-refractivity contribution in [3.05, 3.63) is 41.8 Å². The van der Waals surface area contributed by atoms with Crippen LogP contribution in [-0.2, 0) is 0 Å². The molecule has 0 spiro atoms. The zero-order valence-corrected chi connectivity index (χ0v) is 14.5. The largest absolute Gasteiger partial charge is 0.328 e. The summed E-state index contributed by atoms with van der Waals surface area (Å²) in [6.07, 6.45) is 8.89. The van der Waals surface area contributed by atoms with E-state index in [1.165, 1.54) is 37.3 Å². The van der Waals surface area contributed by atoms with E-state index in [2.05, 4.69) is 18.0 Å². The van der Waals surface area contributed by atoms with Crippen LogP contribution < -0.4 is 5.73 Å². The third kappa shape index (κ3) is 4.21. The quantitative estimate of drug-likeness (QED) is 0.833. The minimum Gasteiger partial charge on any atom is -0.328 e. The zero-order valence-electron chi connectivity index (χ0n) is 13.7. The molecule has 1 fully saturated rings. The summed E-state index contributed by atoms with van der Waals surface area (Å²) in [5.74, 6) is 1.11. The third-order valence-electron chi connectivity index (χ3n) is 5.18. The Kier molecular flexibility index (Phi) is 6.37. The van der Waals surface area contributed by atoms with E-state index in [1.54, 1.807) is 12.1 Å². The van der Waals surface area contributed by atoms with E-state index in [9.17, 15) is 4.39 Å². The van der Waals surface area contributed by atoms with Gasteiger partial charge in [-0.05, 0) is 80.2 Å². The minimum absolute atomic E-state index is 0. The number of nitrogens with zero attached hydrogens (tertiary/aromatic N) is 1. The SMILES string of the molecule is CCC(N)CC1CCC(c2ccnc3ccc(F)cc23)CC1.Cl. The van der Waals surface area contributed by atoms with Gasteiger partial charge >= 0.3 is 0 Å². The number of nitrogens with two attached hydrogens (primary N) is 1. The summed E-state index contributed by atoms with van der Waals surface area (Å²) in [4.78, 5) is 4.36. The number of pyridine rings is 1. The van der Waals surface area contributed by atoms with Crippen LogP contribution in [0, 0.1) is 11.7 Å². The van der Waals surface area contributed by atoms with Gasteiger partial charge in [-0.3, -0.25) is 4.98 Å². The number of aromatic nitrogens is 1. The fourth-order valence-electron chi connectivity index (χ4n) is 3.80. The minimum atomic E-state index is -0.177. The van der Waals surface area contributed by atoms with E-state index >= 15 is 0 Å². The van der Waals surface area contributed by atoms with Gasteiger partial charge in [0.2, 0.25) is 0 Å². The van der Waals surface area contributed by atoms with Crippen LogP contribution >= 0.6 is 12.4 Å². The van der Waals surface area contributed by atoms with E-state index in [4.69, 9.17) is 5.73 Å². The average Bonchev–Trinajstić information content (AvgIpc) is 2.55. The Morgan fingerprint density at radius 1 is 1.22 bits per heavy atom. The van der Waals surface area contributed by atoms with E-state index in [0.717, 1.165) is 29.7 Å². The molecule has 1 saturated carbocycles. The molecule has 0 radical (unpaired) electrons. The van der Waals surface area contributed by atoms with Crippen molar-refractivity contribution in [2.75, 3.05) is 0 Å². The normalized spacial score (nSPS) is 22.6. The number of hydrogen-bond donors (Lipinski definition) is 1. The molecule has 0 aliphatic heterocycles. The van der Waals surface area contributed by atoms with Gasteiger partial charge in [-0.25, -0.2) is 4.39 Å². The zero-order chi connectivity index (χ0) is 15.5. The monoisotopic (exact) mass is 336 g/mol. The van der Waals surface area contributed by atoms with Crippen LogP contribution in [0.1, 0.15) is 56.9 Å². The second-order valence-corrected chi connectivity index (χ2v) is 6.68. The van der Waals surface area contributed by atoms with Crippen LogP contribution in [0.15, 0.2) is 30.5 Å². The van der Waals surface area contributed by atoms with Crippen molar-refractivity contribution < 1.29 is 4.39 Å². The van der Waals surface area contributed by atoms with Crippen LogP contribution in [-0.4, -0.2) is 11.0 Å². The van der Waals surface area contributed by atoms with Crippen molar-refractivity contribution in [1.29, 1.82) is 0 Å². The molecule has 23 heavy (non-hydrogen) atoms. The number of rotatable bonds is 4. The highest BCUT2D eigenvalue weighted by Gasteiger charge is 2.24. The van der Waals surface area contributed by atoms with Crippen molar-refractivity contribution >= 4 is 23.3 Å². The standard InChI is InChI=1S/C19H25FN2.ClH/c1-2-16(21)11-13-3-5-14(6-4-13)17-9-10-22-19-8-7-15(20)12-18(17)19;/h7-10,12-14,16H,2-6,11,21H2,1H3;1H. The molecule has 3 rings (SSSR count). The molecule has 1 aromatic carbocycles. The summed E-state index contributed by atoms with van der Waals surface area (Å²) in [6, 6.07) is 7.32. The molecule has 0 saturated heterocycles. The maximum absolute atomic E-state index is 13.6. The lowest BCUT2D eigenvalue weighted by atomic mass is 9.76. The number of halogens is 2. The first-order valence-corrected chi connectivity index (χ1v) is 8.47. The highest BCUT2D eigenvalue weighted by Crippen LogP contribution is 2.39. The van der Waals surface area contributed by atoms with Gasteiger partial charge in [0.25, 0.3) is 0 Å². The van der Waals surface area contributed by atoms with E-state index < -0.39 is 0 Å². The lowest BCUT2D eigenvalue weighted by Gasteiger charge is -2.30. The molecule has 1 unspecified atom stereocenters. The van der Waals surface area contributed by atoms with Gasteiger partial charge in [0.1, 0.15) is 5.82 Å². The maximum Gasteiger partial charge on any atom is 0.123 e. The molecule has 1 heterocycles. The first-order valence-electron chi connectivity index (χ1n) is 8.47. The van der Waals surface area contributed by atoms with E-state index in [-0.39, 0.29) is 18.2 Å². The predicted octanol–water partition coefficient (Wildman–Crippen LogP) is 5.20. The molecule has 2 nitrogen and oxygen atoms in total. The van der Waals surface area contributed by atoms with Crippen molar-refractivity contribution in [1.82, 2.24) is 4.98 Å². The van der Waals surface area contributed by atoms with Crippen molar-refractivity contribution in [2.45, 2.75) is 57.4 Å².